The van der Waals surface area contributed by atoms with E-state index in [1.807, 2.05) is 0 Å². The Labute approximate surface area is 171 Å². The van der Waals surface area contributed by atoms with Gasteiger partial charge in [-0.3, -0.25) is 19.2 Å². The highest BCUT2D eigenvalue weighted by Gasteiger charge is 2.65. The third-order valence-electron chi connectivity index (χ3n) is 5.21. The van der Waals surface area contributed by atoms with Crippen LogP contribution in [0.5, 0.6) is 17.2 Å². The van der Waals surface area contributed by atoms with E-state index in [2.05, 4.69) is 0 Å². The smallest absolute Gasteiger partial charge is 0.183 e. The molecular formula is C22H20O8. The zero-order valence-corrected chi connectivity index (χ0v) is 16.8. The lowest BCUT2D eigenvalue weighted by Crippen LogP contribution is -2.27. The Balaban J connectivity index is 2.42. The van der Waals surface area contributed by atoms with E-state index >= 15 is 0 Å². The van der Waals surface area contributed by atoms with Gasteiger partial charge in [-0.15, -0.1) is 0 Å². The van der Waals surface area contributed by atoms with Crippen LogP contribution in [0.1, 0.15) is 76.0 Å². The first-order valence-electron chi connectivity index (χ1n) is 9.08. The molecule has 2 aromatic rings. The molecule has 8 heteroatoms. The SMILES string of the molecule is CC(=O)c1c(O)c(C(C)=O)c(C2(C(C)=O)OC2c2ccc(O)cc2)c(C(C)=O)c1O. The first-order chi connectivity index (χ1) is 13.9. The number of carbonyl (C=O) groups excluding carboxylic acids is 4. The zero-order chi connectivity index (χ0) is 22.5. The lowest BCUT2D eigenvalue weighted by molar-refractivity contribution is -0.122. The molecule has 3 N–H and O–H groups in total. The Morgan fingerprint density at radius 3 is 1.57 bits per heavy atom. The molecule has 8 nitrogen and oxygen atoms in total. The van der Waals surface area contributed by atoms with Gasteiger partial charge in [-0.05, 0) is 45.4 Å². The van der Waals surface area contributed by atoms with Crippen LogP contribution in [-0.2, 0) is 15.1 Å². The number of carbonyl (C=O) groups is 4. The number of rotatable bonds is 6. The van der Waals surface area contributed by atoms with Crippen LogP contribution < -0.4 is 0 Å². The summed E-state index contributed by atoms with van der Waals surface area (Å²) in [6, 6.07) is 5.78. The van der Waals surface area contributed by atoms with Crippen molar-refractivity contribution >= 4 is 23.1 Å². The van der Waals surface area contributed by atoms with Crippen LogP contribution in [0.2, 0.25) is 0 Å². The van der Waals surface area contributed by atoms with Gasteiger partial charge >= 0.3 is 0 Å². The third-order valence-corrected chi connectivity index (χ3v) is 5.21. The number of aromatic hydroxyl groups is 3. The van der Waals surface area contributed by atoms with Gasteiger partial charge in [0.25, 0.3) is 0 Å². The summed E-state index contributed by atoms with van der Waals surface area (Å²) in [7, 11) is 0. The number of hydrogen-bond donors (Lipinski definition) is 3. The Hall–Kier alpha value is -3.52. The summed E-state index contributed by atoms with van der Waals surface area (Å²) in [5.74, 6) is -4.39. The monoisotopic (exact) mass is 412 g/mol. The second-order valence-electron chi connectivity index (χ2n) is 7.25. The normalized spacial score (nSPS) is 19.9. The molecule has 2 atom stereocenters. The van der Waals surface area contributed by atoms with Crippen molar-refractivity contribution in [3.05, 3.63) is 52.1 Å². The van der Waals surface area contributed by atoms with Gasteiger partial charge in [0.15, 0.2) is 28.7 Å². The van der Waals surface area contributed by atoms with E-state index in [0.29, 0.717) is 5.56 Å². The van der Waals surface area contributed by atoms with Gasteiger partial charge in [-0.2, -0.15) is 0 Å². The van der Waals surface area contributed by atoms with Crippen LogP contribution in [0.3, 0.4) is 0 Å². The molecule has 1 heterocycles. The van der Waals surface area contributed by atoms with Crippen LogP contribution in [0.4, 0.5) is 0 Å². The van der Waals surface area contributed by atoms with Crippen molar-refractivity contribution < 1.29 is 39.2 Å². The zero-order valence-electron chi connectivity index (χ0n) is 16.8. The van der Waals surface area contributed by atoms with Gasteiger partial charge in [0.1, 0.15) is 28.9 Å². The van der Waals surface area contributed by atoms with E-state index in [0.717, 1.165) is 20.8 Å². The molecule has 0 bridgehead atoms. The third kappa shape index (κ3) is 2.96. The molecule has 2 unspecified atom stereocenters. The van der Waals surface area contributed by atoms with Gasteiger partial charge in [-0.25, -0.2) is 0 Å². The highest BCUT2D eigenvalue weighted by Crippen LogP contribution is 2.61. The molecule has 1 fully saturated rings. The number of ketones is 4. The predicted molar refractivity (Wildman–Crippen MR) is 104 cm³/mol. The standard InChI is InChI=1S/C22H20O8/c1-9(23)15-18(16(10(2)24)20(29)17(11(3)25)19(15)28)22(12(4)26)21(30-22)13-5-7-14(27)8-6-13/h5-8,21,27-29H,1-4H3. The number of phenolic OH excluding ortho intramolecular Hbond substituents is 3. The number of phenols is 3. The Kier molecular flexibility index (Phi) is 4.99. The lowest BCUT2D eigenvalue weighted by atomic mass is 9.78. The molecule has 30 heavy (non-hydrogen) atoms. The largest absolute Gasteiger partial charge is 0.508 e. The van der Waals surface area contributed by atoms with Crippen molar-refractivity contribution in [1.82, 2.24) is 0 Å². The van der Waals surface area contributed by atoms with Crippen molar-refractivity contribution in [2.75, 3.05) is 0 Å². The predicted octanol–water partition coefficient (Wildman–Crippen LogP) is 2.97. The summed E-state index contributed by atoms with van der Waals surface area (Å²) in [6.45, 7) is 4.47. The van der Waals surface area contributed by atoms with Crippen molar-refractivity contribution in [3.63, 3.8) is 0 Å². The van der Waals surface area contributed by atoms with Crippen molar-refractivity contribution in [2.24, 2.45) is 0 Å². The Morgan fingerprint density at radius 1 is 0.767 bits per heavy atom. The maximum atomic E-state index is 12.7. The maximum Gasteiger partial charge on any atom is 0.183 e. The topological polar surface area (TPSA) is 142 Å². The fraction of sp³-hybridized carbons (Fsp3) is 0.273. The molecular weight excluding hydrogens is 392 g/mol. The van der Waals surface area contributed by atoms with Gasteiger partial charge in [0, 0.05) is 5.56 Å². The molecule has 0 amide bonds. The fourth-order valence-electron chi connectivity index (χ4n) is 3.85. The molecule has 1 aliphatic heterocycles. The van der Waals surface area contributed by atoms with E-state index in [4.69, 9.17) is 4.74 Å². The summed E-state index contributed by atoms with van der Waals surface area (Å²) in [4.78, 5) is 49.7. The van der Waals surface area contributed by atoms with E-state index in [-0.39, 0.29) is 11.3 Å². The van der Waals surface area contributed by atoms with E-state index in [9.17, 15) is 34.5 Å². The van der Waals surface area contributed by atoms with E-state index in [1.54, 1.807) is 0 Å². The number of epoxide rings is 1. The molecule has 0 spiro atoms. The molecule has 156 valence electrons. The van der Waals surface area contributed by atoms with Crippen LogP contribution in [0, 0.1) is 0 Å². The lowest BCUT2D eigenvalue weighted by Gasteiger charge is -2.22. The van der Waals surface area contributed by atoms with Crippen molar-refractivity contribution in [3.8, 4) is 17.2 Å². The number of hydrogen-bond acceptors (Lipinski definition) is 8. The quantitative estimate of drug-likeness (QED) is 0.486. The second kappa shape index (κ2) is 7.07. The van der Waals surface area contributed by atoms with Crippen molar-refractivity contribution in [1.29, 1.82) is 0 Å². The fourth-order valence-corrected chi connectivity index (χ4v) is 3.85. The van der Waals surface area contributed by atoms with Crippen LogP contribution >= 0.6 is 0 Å². The molecule has 2 aromatic carbocycles. The highest BCUT2D eigenvalue weighted by atomic mass is 16.6. The van der Waals surface area contributed by atoms with E-state index < -0.39 is 63.0 Å². The molecule has 3 rings (SSSR count). The minimum absolute atomic E-state index is 0.0113. The minimum atomic E-state index is -1.83. The Morgan fingerprint density at radius 2 is 1.20 bits per heavy atom. The summed E-state index contributed by atoms with van der Waals surface area (Å²) in [5.41, 5.74) is -3.06. The number of ether oxygens (including phenoxy) is 1. The summed E-state index contributed by atoms with van der Waals surface area (Å²) in [6.07, 6.45) is -0.936. The summed E-state index contributed by atoms with van der Waals surface area (Å²) < 4.78 is 5.73. The molecule has 0 radical (unpaired) electrons. The Bertz CT molecular complexity index is 1070. The van der Waals surface area contributed by atoms with E-state index in [1.165, 1.54) is 31.2 Å². The van der Waals surface area contributed by atoms with Gasteiger partial charge in [0.2, 0.25) is 0 Å². The maximum absolute atomic E-state index is 12.7. The van der Waals surface area contributed by atoms with Crippen molar-refractivity contribution in [2.45, 2.75) is 39.4 Å². The molecule has 0 aromatic heterocycles. The first kappa shape index (κ1) is 21.2. The molecule has 1 saturated heterocycles. The van der Waals surface area contributed by atoms with Crippen LogP contribution in [0.25, 0.3) is 0 Å². The number of benzene rings is 2. The van der Waals surface area contributed by atoms with Gasteiger partial charge < -0.3 is 20.1 Å². The minimum Gasteiger partial charge on any atom is -0.508 e. The summed E-state index contributed by atoms with van der Waals surface area (Å²) in [5, 5.41) is 30.8. The van der Waals surface area contributed by atoms with Crippen LogP contribution in [-0.4, -0.2) is 38.5 Å². The van der Waals surface area contributed by atoms with Crippen LogP contribution in [0.15, 0.2) is 24.3 Å². The summed E-state index contributed by atoms with van der Waals surface area (Å²) >= 11 is 0. The first-order valence-corrected chi connectivity index (χ1v) is 9.08. The average molecular weight is 412 g/mol. The van der Waals surface area contributed by atoms with Gasteiger partial charge in [-0.1, -0.05) is 12.1 Å². The molecule has 0 aliphatic carbocycles. The highest BCUT2D eigenvalue weighted by molar-refractivity contribution is 6.14. The second-order valence-corrected chi connectivity index (χ2v) is 7.25. The number of Topliss-reactive ketones (excluding diaryl/α,β-unsaturated/α-hetero) is 4. The average Bonchev–Trinajstić information content (AvgIpc) is 3.37. The molecule has 0 saturated carbocycles. The molecule has 1 aliphatic rings. The van der Waals surface area contributed by atoms with Gasteiger partial charge in [0.05, 0.1) is 11.1 Å².